The van der Waals surface area contributed by atoms with Gasteiger partial charge in [0.05, 0.1) is 34.3 Å². The molecule has 0 radical (unpaired) electrons. The molecule has 1 aromatic rings. The number of likely N-dealkylation sites (N-methyl/N-ethyl adjacent to an activating group) is 1. The fraction of sp³-hybridized carbons (Fsp3) is 0.600. The number of benzene rings is 1. The maximum Gasteiger partial charge on any atom is 0.118 e. The van der Waals surface area contributed by atoms with Crippen molar-refractivity contribution in [2.75, 3.05) is 34.3 Å². The molecule has 0 spiro atoms. The molecule has 0 fully saturated rings. The third kappa shape index (κ3) is 10.4. The largest absolute Gasteiger partial charge is 1.00 e. The number of methoxy groups -OCH3 is 1. The Morgan fingerprint density at radius 2 is 1.52 bits per heavy atom. The first-order valence-electron chi connectivity index (χ1n) is 8.63. The van der Waals surface area contributed by atoms with Crippen LogP contribution in [-0.4, -0.2) is 38.8 Å². The molecule has 1 rings (SSSR count). The van der Waals surface area contributed by atoms with Crippen molar-refractivity contribution in [1.29, 1.82) is 0 Å². The highest BCUT2D eigenvalue weighted by Gasteiger charge is 2.11. The van der Waals surface area contributed by atoms with Crippen molar-refractivity contribution in [3.8, 4) is 5.75 Å². The highest BCUT2D eigenvalue weighted by atomic mass is 35.5. The molecule has 0 aliphatic carbocycles. The van der Waals surface area contributed by atoms with E-state index in [9.17, 15) is 0 Å². The van der Waals surface area contributed by atoms with Gasteiger partial charge in [-0.25, -0.2) is 0 Å². The summed E-state index contributed by atoms with van der Waals surface area (Å²) in [6.07, 6.45) is 11.3. The zero-order valence-electron chi connectivity index (χ0n) is 15.2. The molecule has 2 nitrogen and oxygen atoms in total. The van der Waals surface area contributed by atoms with Crippen molar-refractivity contribution in [1.82, 2.24) is 0 Å². The molecule has 132 valence electrons. The second-order valence-corrected chi connectivity index (χ2v) is 6.85. The van der Waals surface area contributed by atoms with Gasteiger partial charge < -0.3 is 21.6 Å². The van der Waals surface area contributed by atoms with Gasteiger partial charge in [0.25, 0.3) is 0 Å². The Morgan fingerprint density at radius 1 is 0.957 bits per heavy atom. The highest BCUT2D eigenvalue weighted by molar-refractivity contribution is 5.27. The van der Waals surface area contributed by atoms with E-state index in [-0.39, 0.29) is 12.4 Å². The lowest BCUT2D eigenvalue weighted by atomic mass is 10.0. The number of unbranched alkanes of at least 4 members (excludes halogenated alkanes) is 5. The Hall–Kier alpha value is -0.990. The molecule has 1 aromatic carbocycles. The fourth-order valence-electron chi connectivity index (χ4n) is 2.81. The van der Waals surface area contributed by atoms with Gasteiger partial charge >= 0.3 is 0 Å². The van der Waals surface area contributed by atoms with Gasteiger partial charge in [-0.05, 0) is 49.5 Å². The number of hydrogen-bond donors (Lipinski definition) is 0. The lowest BCUT2D eigenvalue weighted by molar-refractivity contribution is -0.884. The summed E-state index contributed by atoms with van der Waals surface area (Å²) in [5.41, 5.74) is 1.42. The Morgan fingerprint density at radius 3 is 2.09 bits per heavy atom. The van der Waals surface area contributed by atoms with Gasteiger partial charge in [0, 0.05) is 0 Å². The lowest BCUT2D eigenvalue weighted by Crippen LogP contribution is -3.00. The van der Waals surface area contributed by atoms with E-state index >= 15 is 0 Å². The SMILES string of the molecule is C=CC[N+](C)(C)CCCCCCCCc1ccc(OC)cc1.[Cl-]. The minimum absolute atomic E-state index is 0. The van der Waals surface area contributed by atoms with Crippen molar-refractivity contribution in [2.24, 2.45) is 0 Å². The molecule has 23 heavy (non-hydrogen) atoms. The fourth-order valence-corrected chi connectivity index (χ4v) is 2.81. The first kappa shape index (κ1) is 22.0. The average Bonchev–Trinajstić information content (AvgIpc) is 2.50. The van der Waals surface area contributed by atoms with E-state index in [2.05, 4.69) is 44.9 Å². The molecule has 0 aliphatic rings. The maximum atomic E-state index is 5.18. The van der Waals surface area contributed by atoms with Crippen molar-refractivity contribution < 1.29 is 21.6 Å². The molecule has 0 atom stereocenters. The summed E-state index contributed by atoms with van der Waals surface area (Å²) in [5.74, 6) is 0.946. The van der Waals surface area contributed by atoms with E-state index in [1.807, 2.05) is 6.08 Å². The van der Waals surface area contributed by atoms with Crippen LogP contribution in [0.1, 0.15) is 44.1 Å². The lowest BCUT2D eigenvalue weighted by Gasteiger charge is -2.28. The second-order valence-electron chi connectivity index (χ2n) is 6.85. The standard InChI is InChI=1S/C20H34NO.ClH/c1-5-17-21(2,3)18-11-9-7-6-8-10-12-19-13-15-20(22-4)16-14-19;/h5,13-16H,1,6-12,17-18H2,2-4H3;1H/q+1;/p-1. The van der Waals surface area contributed by atoms with Crippen molar-refractivity contribution >= 4 is 0 Å². The van der Waals surface area contributed by atoms with Gasteiger partial charge in [-0.1, -0.05) is 38.0 Å². The quantitative estimate of drug-likeness (QED) is 0.321. The van der Waals surface area contributed by atoms with E-state index in [4.69, 9.17) is 4.74 Å². The van der Waals surface area contributed by atoms with Crippen LogP contribution < -0.4 is 17.1 Å². The van der Waals surface area contributed by atoms with Gasteiger partial charge in [-0.3, -0.25) is 0 Å². The second kappa shape index (κ2) is 12.4. The van der Waals surface area contributed by atoms with Crippen LogP contribution in [0.25, 0.3) is 0 Å². The zero-order chi connectivity index (χ0) is 16.3. The van der Waals surface area contributed by atoms with Crippen molar-refractivity contribution in [3.63, 3.8) is 0 Å². The average molecular weight is 340 g/mol. The van der Waals surface area contributed by atoms with Gasteiger partial charge in [0.15, 0.2) is 0 Å². The number of halogens is 1. The van der Waals surface area contributed by atoms with Crippen LogP contribution in [0.15, 0.2) is 36.9 Å². The Bertz CT molecular complexity index is 414. The normalized spacial score (nSPS) is 10.9. The summed E-state index contributed by atoms with van der Waals surface area (Å²) in [5, 5.41) is 0. The van der Waals surface area contributed by atoms with E-state index in [1.165, 1.54) is 57.1 Å². The number of aryl methyl sites for hydroxylation is 1. The minimum atomic E-state index is 0. The van der Waals surface area contributed by atoms with Crippen LogP contribution >= 0.6 is 0 Å². The number of ether oxygens (including phenoxy) is 1. The molecule has 0 saturated heterocycles. The van der Waals surface area contributed by atoms with Crippen LogP contribution in [-0.2, 0) is 6.42 Å². The third-order valence-corrected chi connectivity index (χ3v) is 4.26. The molecule has 0 saturated carbocycles. The minimum Gasteiger partial charge on any atom is -1.00 e. The number of nitrogens with zero attached hydrogens (tertiary/aromatic N) is 1. The first-order chi connectivity index (χ1) is 10.6. The number of hydrogen-bond acceptors (Lipinski definition) is 1. The molecule has 3 heteroatoms. The topological polar surface area (TPSA) is 9.23 Å². The summed E-state index contributed by atoms with van der Waals surface area (Å²) >= 11 is 0. The maximum absolute atomic E-state index is 5.18. The van der Waals surface area contributed by atoms with Gasteiger partial charge in [0.1, 0.15) is 5.75 Å². The summed E-state index contributed by atoms with van der Waals surface area (Å²) in [7, 11) is 6.29. The van der Waals surface area contributed by atoms with Crippen LogP contribution in [0.4, 0.5) is 0 Å². The van der Waals surface area contributed by atoms with Gasteiger partial charge in [-0.2, -0.15) is 0 Å². The summed E-state index contributed by atoms with van der Waals surface area (Å²) < 4.78 is 6.25. The summed E-state index contributed by atoms with van der Waals surface area (Å²) in [4.78, 5) is 0. The monoisotopic (exact) mass is 339 g/mol. The van der Waals surface area contributed by atoms with Gasteiger partial charge in [0.2, 0.25) is 0 Å². The predicted octanol–water partition coefficient (Wildman–Crippen LogP) is 1.84. The molecular formula is C20H34ClNO. The Balaban J connectivity index is 0.00000484. The number of quaternary nitrogens is 1. The van der Waals surface area contributed by atoms with Crippen LogP contribution in [0.3, 0.4) is 0 Å². The van der Waals surface area contributed by atoms with E-state index in [0.29, 0.717) is 0 Å². The third-order valence-electron chi connectivity index (χ3n) is 4.26. The van der Waals surface area contributed by atoms with Crippen LogP contribution in [0, 0.1) is 0 Å². The molecule has 0 bridgehead atoms. The highest BCUT2D eigenvalue weighted by Crippen LogP contribution is 2.14. The molecule has 0 aliphatic heterocycles. The zero-order valence-corrected chi connectivity index (χ0v) is 15.9. The predicted molar refractivity (Wildman–Crippen MR) is 96.4 cm³/mol. The Labute approximate surface area is 149 Å². The molecule has 0 unspecified atom stereocenters. The van der Waals surface area contributed by atoms with E-state index in [1.54, 1.807) is 7.11 Å². The molecule has 0 aromatic heterocycles. The van der Waals surface area contributed by atoms with Crippen LogP contribution in [0.2, 0.25) is 0 Å². The molecule has 0 N–H and O–H groups in total. The smallest absolute Gasteiger partial charge is 0.118 e. The summed E-state index contributed by atoms with van der Waals surface area (Å²) in [6.45, 7) is 6.17. The van der Waals surface area contributed by atoms with E-state index in [0.717, 1.165) is 16.8 Å². The van der Waals surface area contributed by atoms with Gasteiger partial charge in [-0.15, -0.1) is 0 Å². The summed E-state index contributed by atoms with van der Waals surface area (Å²) in [6, 6.07) is 8.47. The van der Waals surface area contributed by atoms with Crippen LogP contribution in [0.5, 0.6) is 5.75 Å². The number of rotatable bonds is 12. The first-order valence-corrected chi connectivity index (χ1v) is 8.63. The molecule has 0 heterocycles. The molecular weight excluding hydrogens is 306 g/mol. The molecule has 0 amide bonds. The van der Waals surface area contributed by atoms with Crippen molar-refractivity contribution in [2.45, 2.75) is 44.9 Å². The van der Waals surface area contributed by atoms with E-state index < -0.39 is 0 Å². The van der Waals surface area contributed by atoms with Crippen molar-refractivity contribution in [3.05, 3.63) is 42.5 Å². The Kier molecular flexibility index (Phi) is 11.9.